The van der Waals surface area contributed by atoms with Gasteiger partial charge in [0, 0.05) is 43.3 Å². The van der Waals surface area contributed by atoms with E-state index in [9.17, 15) is 9.18 Å². The summed E-state index contributed by atoms with van der Waals surface area (Å²) in [5.41, 5.74) is 0.656. The number of rotatable bonds is 9. The average Bonchev–Trinajstić information content (AvgIpc) is 2.95. The van der Waals surface area contributed by atoms with Gasteiger partial charge in [0.25, 0.3) is 11.8 Å². The first-order chi connectivity index (χ1) is 20.0. The van der Waals surface area contributed by atoms with Crippen LogP contribution in [0.4, 0.5) is 23.4 Å². The van der Waals surface area contributed by atoms with Crippen LogP contribution in [0.25, 0.3) is 11.0 Å². The van der Waals surface area contributed by atoms with Crippen LogP contribution in [-0.4, -0.2) is 76.7 Å². The number of ether oxygens (including phenoxy) is 1. The Morgan fingerprint density at radius 1 is 1.17 bits per heavy atom. The van der Waals surface area contributed by atoms with Crippen LogP contribution < -0.4 is 10.1 Å². The number of benzene rings is 1. The summed E-state index contributed by atoms with van der Waals surface area (Å²) in [5, 5.41) is 3.74. The lowest BCUT2D eigenvalue weighted by Crippen LogP contribution is -2.56. The number of halogens is 4. The normalized spacial score (nSPS) is 17.9. The van der Waals surface area contributed by atoms with Gasteiger partial charge in [0.1, 0.15) is 18.0 Å². The maximum absolute atomic E-state index is 15.7. The number of likely N-dealkylation sites (tertiary alicyclic amines) is 2. The van der Waals surface area contributed by atoms with Gasteiger partial charge in [0.05, 0.1) is 30.0 Å². The number of nitrogens with one attached hydrogen (secondary N) is 1. The standard InChI is InChI=1S/C30H36F4N6O2/c1-17(2)40-14-20(15-40)30(33,34)24-7-5-6-21(26(24)32)18(3)37-27-23-12-22(29(42-4)38-28(23)36-16-35-27)19-8-10-39(11-9-19)25(41)13-31/h5-7,12,16-20H,8-11,13-15H2,1-4H3,(H,35,36,37,38)/t18-/m1/s1. The molecule has 2 aromatic heterocycles. The molecule has 42 heavy (non-hydrogen) atoms. The van der Waals surface area contributed by atoms with Crippen molar-refractivity contribution < 1.29 is 27.1 Å². The molecule has 0 spiro atoms. The summed E-state index contributed by atoms with van der Waals surface area (Å²) in [7, 11) is 1.51. The number of aromatic nitrogens is 3. The minimum Gasteiger partial charge on any atom is -0.481 e. The van der Waals surface area contributed by atoms with E-state index in [2.05, 4.69) is 20.3 Å². The Labute approximate surface area is 242 Å². The van der Waals surface area contributed by atoms with Gasteiger partial charge in [0.2, 0.25) is 5.88 Å². The number of methoxy groups -OCH3 is 1. The summed E-state index contributed by atoms with van der Waals surface area (Å²) in [6, 6.07) is 5.45. The zero-order chi connectivity index (χ0) is 30.2. The highest BCUT2D eigenvalue weighted by molar-refractivity contribution is 5.87. The first-order valence-electron chi connectivity index (χ1n) is 14.3. The predicted molar refractivity (Wildman–Crippen MR) is 151 cm³/mol. The Morgan fingerprint density at radius 2 is 1.88 bits per heavy atom. The van der Waals surface area contributed by atoms with E-state index in [0.717, 1.165) is 5.56 Å². The van der Waals surface area contributed by atoms with Crippen LogP contribution in [0, 0.1) is 11.7 Å². The number of fused-ring (bicyclic) bond motifs is 1. The second kappa shape index (κ2) is 12.0. The molecule has 3 aromatic rings. The Hall–Kier alpha value is -3.54. The summed E-state index contributed by atoms with van der Waals surface area (Å²) >= 11 is 0. The molecule has 1 N–H and O–H groups in total. The van der Waals surface area contributed by atoms with Gasteiger partial charge in [-0.1, -0.05) is 18.2 Å². The molecule has 2 fully saturated rings. The molecule has 1 amide bonds. The van der Waals surface area contributed by atoms with Crippen LogP contribution in [0.15, 0.2) is 30.6 Å². The second-order valence-corrected chi connectivity index (χ2v) is 11.4. The number of amides is 1. The number of piperidine rings is 1. The molecule has 8 nitrogen and oxygen atoms in total. The monoisotopic (exact) mass is 588 g/mol. The van der Waals surface area contributed by atoms with E-state index in [1.807, 2.05) is 24.8 Å². The first kappa shape index (κ1) is 29.9. The molecular formula is C30H36F4N6O2. The molecule has 0 unspecified atom stereocenters. The summed E-state index contributed by atoms with van der Waals surface area (Å²) in [4.78, 5) is 28.4. The van der Waals surface area contributed by atoms with Crippen molar-refractivity contribution in [2.75, 3.05) is 45.3 Å². The fourth-order valence-corrected chi connectivity index (χ4v) is 5.89. The molecule has 2 saturated heterocycles. The quantitative estimate of drug-likeness (QED) is 0.333. The third-order valence-electron chi connectivity index (χ3n) is 8.57. The largest absolute Gasteiger partial charge is 0.481 e. The van der Waals surface area contributed by atoms with Crippen LogP contribution in [0.5, 0.6) is 5.88 Å². The van der Waals surface area contributed by atoms with Gasteiger partial charge in [-0.25, -0.2) is 27.5 Å². The molecule has 12 heteroatoms. The van der Waals surface area contributed by atoms with Gasteiger partial charge in [0.15, 0.2) is 12.3 Å². The molecule has 0 aliphatic carbocycles. The number of hydrogen-bond donors (Lipinski definition) is 1. The van der Waals surface area contributed by atoms with Crippen molar-refractivity contribution >= 4 is 22.8 Å². The van der Waals surface area contributed by atoms with Gasteiger partial charge in [-0.3, -0.25) is 9.69 Å². The number of hydrogen-bond acceptors (Lipinski definition) is 7. The van der Waals surface area contributed by atoms with Gasteiger partial charge >= 0.3 is 0 Å². The van der Waals surface area contributed by atoms with Gasteiger partial charge < -0.3 is 15.0 Å². The number of alkyl halides is 3. The van der Waals surface area contributed by atoms with E-state index in [0.29, 0.717) is 48.7 Å². The lowest BCUT2D eigenvalue weighted by Gasteiger charge is -2.45. The van der Waals surface area contributed by atoms with Gasteiger partial charge in [-0.05, 0) is 45.6 Å². The van der Waals surface area contributed by atoms with Crippen LogP contribution in [0.1, 0.15) is 62.3 Å². The molecule has 0 radical (unpaired) electrons. The number of carbonyl (C=O) groups is 1. The molecule has 0 saturated carbocycles. The maximum atomic E-state index is 15.7. The highest BCUT2D eigenvalue weighted by atomic mass is 19.3. The average molecular weight is 589 g/mol. The zero-order valence-electron chi connectivity index (χ0n) is 24.2. The molecule has 226 valence electrons. The summed E-state index contributed by atoms with van der Waals surface area (Å²) in [5.74, 6) is -4.93. The highest BCUT2D eigenvalue weighted by Crippen LogP contribution is 2.44. The third kappa shape index (κ3) is 5.60. The van der Waals surface area contributed by atoms with E-state index in [4.69, 9.17) is 4.74 Å². The molecule has 1 aromatic carbocycles. The molecule has 1 atom stereocenters. The topological polar surface area (TPSA) is 83.5 Å². The molecular weight excluding hydrogens is 552 g/mol. The molecule has 2 aliphatic rings. The van der Waals surface area contributed by atoms with E-state index in [1.165, 1.54) is 36.5 Å². The number of pyridine rings is 1. The van der Waals surface area contributed by atoms with E-state index in [1.54, 1.807) is 6.92 Å². The van der Waals surface area contributed by atoms with Crippen molar-refractivity contribution in [2.45, 2.75) is 57.5 Å². The van der Waals surface area contributed by atoms with Crippen molar-refractivity contribution in [3.8, 4) is 5.88 Å². The van der Waals surface area contributed by atoms with Crippen molar-refractivity contribution in [1.29, 1.82) is 0 Å². The summed E-state index contributed by atoms with van der Waals surface area (Å²) in [6.45, 7) is 5.85. The van der Waals surface area contributed by atoms with E-state index < -0.39 is 41.8 Å². The van der Waals surface area contributed by atoms with Crippen LogP contribution in [0.2, 0.25) is 0 Å². The van der Waals surface area contributed by atoms with E-state index >= 15 is 13.2 Å². The van der Waals surface area contributed by atoms with Crippen molar-refractivity contribution in [3.05, 3.63) is 53.1 Å². The van der Waals surface area contributed by atoms with E-state index in [-0.39, 0.29) is 30.6 Å². The predicted octanol–water partition coefficient (Wildman–Crippen LogP) is 5.45. The Balaban J connectivity index is 1.40. The summed E-state index contributed by atoms with van der Waals surface area (Å²) in [6.07, 6.45) is 2.52. The van der Waals surface area contributed by atoms with Crippen molar-refractivity contribution in [3.63, 3.8) is 0 Å². The van der Waals surface area contributed by atoms with Crippen molar-refractivity contribution in [2.24, 2.45) is 5.92 Å². The number of nitrogens with zero attached hydrogens (tertiary/aromatic N) is 5. The minimum atomic E-state index is -3.30. The Kier molecular flexibility index (Phi) is 8.54. The van der Waals surface area contributed by atoms with Gasteiger partial charge in [-0.15, -0.1) is 0 Å². The SMILES string of the molecule is COc1nc2ncnc(N[C@H](C)c3cccc(C(F)(F)C4CN(C(C)C)C4)c3F)c2cc1C1CCN(C(=O)CF)CC1. The highest BCUT2D eigenvalue weighted by Gasteiger charge is 2.50. The minimum absolute atomic E-state index is 0.000439. The fraction of sp³-hybridized carbons (Fsp3) is 0.533. The van der Waals surface area contributed by atoms with Crippen LogP contribution in [0.3, 0.4) is 0 Å². The molecule has 2 aliphatic heterocycles. The molecule has 5 rings (SSSR count). The lowest BCUT2D eigenvalue weighted by atomic mass is 9.86. The summed E-state index contributed by atoms with van der Waals surface area (Å²) < 4.78 is 64.9. The van der Waals surface area contributed by atoms with Crippen LogP contribution in [-0.2, 0) is 10.7 Å². The fourth-order valence-electron chi connectivity index (χ4n) is 5.89. The molecule has 4 heterocycles. The smallest absolute Gasteiger partial charge is 0.281 e. The Bertz CT molecular complexity index is 1440. The second-order valence-electron chi connectivity index (χ2n) is 11.4. The first-order valence-corrected chi connectivity index (χ1v) is 14.3. The zero-order valence-corrected chi connectivity index (χ0v) is 24.2. The maximum Gasteiger partial charge on any atom is 0.281 e. The Morgan fingerprint density at radius 3 is 2.52 bits per heavy atom. The lowest BCUT2D eigenvalue weighted by molar-refractivity contribution is -0.133. The van der Waals surface area contributed by atoms with Gasteiger partial charge in [-0.2, -0.15) is 4.98 Å². The third-order valence-corrected chi connectivity index (χ3v) is 8.57. The number of carbonyl (C=O) groups excluding carboxylic acids is 1. The number of anilines is 1. The molecule has 0 bridgehead atoms. The van der Waals surface area contributed by atoms with Crippen LogP contribution >= 0.6 is 0 Å². The van der Waals surface area contributed by atoms with Crippen molar-refractivity contribution in [1.82, 2.24) is 24.8 Å².